The summed E-state index contributed by atoms with van der Waals surface area (Å²) < 4.78 is 0. The fourth-order valence-electron chi connectivity index (χ4n) is 2.34. The lowest BCUT2D eigenvalue weighted by Gasteiger charge is -2.19. The van der Waals surface area contributed by atoms with Gasteiger partial charge in [-0.1, -0.05) is 37.3 Å². The molecule has 0 aliphatic carbocycles. The van der Waals surface area contributed by atoms with Gasteiger partial charge in [0, 0.05) is 6.54 Å². The number of hydrogen-bond donors (Lipinski definition) is 3. The van der Waals surface area contributed by atoms with Crippen LogP contribution < -0.4 is 10.6 Å². The van der Waals surface area contributed by atoms with Crippen LogP contribution >= 0.6 is 0 Å². The molecule has 3 atom stereocenters. The lowest BCUT2D eigenvalue weighted by molar-refractivity contribution is -0.142. The van der Waals surface area contributed by atoms with E-state index < -0.39 is 12.0 Å². The molecule has 1 aromatic carbocycles. The first kappa shape index (κ1) is 13.5. The largest absolute Gasteiger partial charge is 0.479 e. The van der Waals surface area contributed by atoms with Crippen LogP contribution in [0.2, 0.25) is 0 Å². The van der Waals surface area contributed by atoms with E-state index in [2.05, 4.69) is 10.6 Å². The van der Waals surface area contributed by atoms with Crippen molar-refractivity contribution in [3.8, 4) is 0 Å². The van der Waals surface area contributed by atoms with E-state index >= 15 is 0 Å². The van der Waals surface area contributed by atoms with Crippen LogP contribution in [-0.4, -0.2) is 30.1 Å². The Bertz CT molecular complexity index is 461. The molecule has 0 radical (unpaired) electrons. The van der Waals surface area contributed by atoms with Gasteiger partial charge in [0.2, 0.25) is 5.91 Å². The van der Waals surface area contributed by atoms with Crippen LogP contribution in [0.15, 0.2) is 30.3 Å². The molecule has 1 heterocycles. The first-order chi connectivity index (χ1) is 9.09. The average molecular weight is 262 g/mol. The van der Waals surface area contributed by atoms with Gasteiger partial charge < -0.3 is 15.7 Å². The number of aliphatic carboxylic acids is 1. The topological polar surface area (TPSA) is 78.4 Å². The van der Waals surface area contributed by atoms with Gasteiger partial charge in [-0.3, -0.25) is 4.79 Å². The molecule has 1 aliphatic heterocycles. The molecule has 0 aromatic heterocycles. The van der Waals surface area contributed by atoms with Crippen LogP contribution in [0.1, 0.15) is 18.5 Å². The highest BCUT2D eigenvalue weighted by molar-refractivity contribution is 5.86. The minimum absolute atomic E-state index is 0.162. The molecule has 5 nitrogen and oxygen atoms in total. The van der Waals surface area contributed by atoms with E-state index in [1.165, 1.54) is 0 Å². The molecule has 1 fully saturated rings. The summed E-state index contributed by atoms with van der Waals surface area (Å²) in [5, 5.41) is 15.0. The highest BCUT2D eigenvalue weighted by Gasteiger charge is 2.32. The van der Waals surface area contributed by atoms with Gasteiger partial charge >= 0.3 is 5.97 Å². The Hall–Kier alpha value is -1.88. The number of benzene rings is 1. The third-order valence-electron chi connectivity index (χ3n) is 3.52. The molecule has 1 aliphatic rings. The zero-order valence-electron chi connectivity index (χ0n) is 10.8. The predicted molar refractivity (Wildman–Crippen MR) is 70.5 cm³/mol. The van der Waals surface area contributed by atoms with Gasteiger partial charge in [-0.2, -0.15) is 0 Å². The Kier molecular flexibility index (Phi) is 4.16. The second kappa shape index (κ2) is 5.84. The molecular formula is C14H18N2O3. The van der Waals surface area contributed by atoms with Crippen molar-refractivity contribution in [2.45, 2.75) is 13.0 Å². The van der Waals surface area contributed by atoms with Crippen molar-refractivity contribution in [2.24, 2.45) is 11.8 Å². The number of carboxylic acids is 1. The van der Waals surface area contributed by atoms with Gasteiger partial charge in [0.05, 0.1) is 5.92 Å². The van der Waals surface area contributed by atoms with Crippen LogP contribution in [0.3, 0.4) is 0 Å². The van der Waals surface area contributed by atoms with Gasteiger partial charge in [-0.15, -0.1) is 0 Å². The standard InChI is InChI=1S/C14H18N2O3/c1-9-7-15-8-11(9)13(17)16-12(14(18)19)10-5-3-2-4-6-10/h2-6,9,11-12,15H,7-8H2,1H3,(H,16,17)(H,18,19)/t9?,11?,12-/m0/s1. The minimum atomic E-state index is -1.04. The van der Waals surface area contributed by atoms with Crippen molar-refractivity contribution in [3.63, 3.8) is 0 Å². The molecule has 1 saturated heterocycles. The van der Waals surface area contributed by atoms with Gasteiger partial charge in [0.15, 0.2) is 6.04 Å². The summed E-state index contributed by atoms with van der Waals surface area (Å²) in [6, 6.07) is 7.76. The maximum atomic E-state index is 12.1. The summed E-state index contributed by atoms with van der Waals surface area (Å²) in [7, 11) is 0. The fourth-order valence-corrected chi connectivity index (χ4v) is 2.34. The van der Waals surface area contributed by atoms with E-state index in [-0.39, 0.29) is 17.7 Å². The van der Waals surface area contributed by atoms with E-state index in [9.17, 15) is 14.7 Å². The molecule has 2 unspecified atom stereocenters. The molecule has 0 bridgehead atoms. The number of carbonyl (C=O) groups excluding carboxylic acids is 1. The van der Waals surface area contributed by atoms with Gasteiger partial charge in [0.25, 0.3) is 0 Å². The number of carboxylic acid groups (broad SMARTS) is 1. The van der Waals surface area contributed by atoms with E-state index in [0.29, 0.717) is 12.1 Å². The summed E-state index contributed by atoms with van der Waals surface area (Å²) in [6.07, 6.45) is 0. The van der Waals surface area contributed by atoms with Crippen LogP contribution in [0, 0.1) is 11.8 Å². The van der Waals surface area contributed by atoms with Crippen LogP contribution in [0.25, 0.3) is 0 Å². The van der Waals surface area contributed by atoms with Crippen LogP contribution in [-0.2, 0) is 9.59 Å². The zero-order chi connectivity index (χ0) is 13.8. The lowest BCUT2D eigenvalue weighted by Crippen LogP contribution is -2.39. The van der Waals surface area contributed by atoms with Crippen LogP contribution in [0.5, 0.6) is 0 Å². The fraction of sp³-hybridized carbons (Fsp3) is 0.429. The first-order valence-corrected chi connectivity index (χ1v) is 6.38. The van der Waals surface area contributed by atoms with Gasteiger partial charge in [0.1, 0.15) is 0 Å². The van der Waals surface area contributed by atoms with E-state index in [1.807, 2.05) is 13.0 Å². The Labute approximate surface area is 112 Å². The summed E-state index contributed by atoms with van der Waals surface area (Å²) in [6.45, 7) is 3.39. The second-order valence-corrected chi connectivity index (χ2v) is 4.93. The third kappa shape index (κ3) is 3.12. The summed E-state index contributed by atoms with van der Waals surface area (Å²) in [4.78, 5) is 23.4. The molecule has 1 amide bonds. The van der Waals surface area contributed by atoms with E-state index in [0.717, 1.165) is 6.54 Å². The number of hydrogen-bond acceptors (Lipinski definition) is 3. The molecule has 2 rings (SSSR count). The molecule has 3 N–H and O–H groups in total. The molecule has 19 heavy (non-hydrogen) atoms. The molecule has 102 valence electrons. The van der Waals surface area contributed by atoms with E-state index in [1.54, 1.807) is 24.3 Å². The number of amides is 1. The van der Waals surface area contributed by atoms with Crippen molar-refractivity contribution in [1.29, 1.82) is 0 Å². The molecule has 1 aromatic rings. The summed E-state index contributed by atoms with van der Waals surface area (Å²) >= 11 is 0. The Morgan fingerprint density at radius 3 is 2.53 bits per heavy atom. The SMILES string of the molecule is CC1CNCC1C(=O)N[C@H](C(=O)O)c1ccccc1. The number of carbonyl (C=O) groups is 2. The smallest absolute Gasteiger partial charge is 0.330 e. The third-order valence-corrected chi connectivity index (χ3v) is 3.52. The number of rotatable bonds is 4. The van der Waals surface area contributed by atoms with Crippen molar-refractivity contribution >= 4 is 11.9 Å². The van der Waals surface area contributed by atoms with Gasteiger partial charge in [-0.05, 0) is 18.0 Å². The molecule has 0 saturated carbocycles. The van der Waals surface area contributed by atoms with E-state index in [4.69, 9.17) is 0 Å². The molecular weight excluding hydrogens is 244 g/mol. The summed E-state index contributed by atoms with van der Waals surface area (Å²) in [5.74, 6) is -1.18. The zero-order valence-corrected chi connectivity index (χ0v) is 10.8. The van der Waals surface area contributed by atoms with Crippen LogP contribution in [0.4, 0.5) is 0 Å². The van der Waals surface area contributed by atoms with Crippen molar-refractivity contribution in [1.82, 2.24) is 10.6 Å². The molecule has 5 heteroatoms. The maximum absolute atomic E-state index is 12.1. The maximum Gasteiger partial charge on any atom is 0.330 e. The van der Waals surface area contributed by atoms with Crippen molar-refractivity contribution in [2.75, 3.05) is 13.1 Å². The minimum Gasteiger partial charge on any atom is -0.479 e. The highest BCUT2D eigenvalue weighted by atomic mass is 16.4. The lowest BCUT2D eigenvalue weighted by atomic mass is 9.96. The first-order valence-electron chi connectivity index (χ1n) is 6.38. The van der Waals surface area contributed by atoms with Crippen molar-refractivity contribution in [3.05, 3.63) is 35.9 Å². The average Bonchev–Trinajstić information content (AvgIpc) is 2.82. The monoisotopic (exact) mass is 262 g/mol. The normalized spacial score (nSPS) is 23.8. The Morgan fingerprint density at radius 1 is 1.32 bits per heavy atom. The summed E-state index contributed by atoms with van der Waals surface area (Å²) in [5.41, 5.74) is 0.585. The number of nitrogens with one attached hydrogen (secondary N) is 2. The molecule has 0 spiro atoms. The Balaban J connectivity index is 2.09. The van der Waals surface area contributed by atoms with Crippen molar-refractivity contribution < 1.29 is 14.7 Å². The van der Waals surface area contributed by atoms with Gasteiger partial charge in [-0.25, -0.2) is 4.79 Å². The predicted octanol–water partition coefficient (Wildman–Crippen LogP) is 0.784. The quantitative estimate of drug-likeness (QED) is 0.749. The highest BCUT2D eigenvalue weighted by Crippen LogP contribution is 2.19. The Morgan fingerprint density at radius 2 is 2.00 bits per heavy atom. The second-order valence-electron chi connectivity index (χ2n) is 4.93.